The molecule has 2 aromatic rings. The van der Waals surface area contributed by atoms with Gasteiger partial charge < -0.3 is 9.53 Å². The minimum absolute atomic E-state index is 0.0831. The molecule has 0 heterocycles. The lowest BCUT2D eigenvalue weighted by atomic mass is 10.1. The number of carbonyl (C=O) groups is 2. The molecule has 0 atom stereocenters. The Bertz CT molecular complexity index is 687. The van der Waals surface area contributed by atoms with Crippen molar-refractivity contribution in [2.24, 2.45) is 0 Å². The van der Waals surface area contributed by atoms with E-state index >= 15 is 0 Å². The van der Waals surface area contributed by atoms with Crippen LogP contribution in [0.4, 0.5) is 8.78 Å². The van der Waals surface area contributed by atoms with Gasteiger partial charge in [-0.15, -0.1) is 0 Å². The van der Waals surface area contributed by atoms with E-state index in [9.17, 15) is 13.6 Å². The van der Waals surface area contributed by atoms with Crippen LogP contribution in [0.3, 0.4) is 0 Å². The van der Waals surface area contributed by atoms with Crippen LogP contribution in [0.1, 0.15) is 24.2 Å². The third-order valence-corrected chi connectivity index (χ3v) is 3.07. The van der Waals surface area contributed by atoms with E-state index in [0.29, 0.717) is 15.8 Å². The minimum atomic E-state index is -0.789. The Balaban J connectivity index is 0.000000745. The molecule has 6 heteroatoms. The molecule has 0 fully saturated rings. The highest BCUT2D eigenvalue weighted by atomic mass is 79.9. The number of benzene rings is 2. The molecule has 0 aromatic heterocycles. The van der Waals surface area contributed by atoms with E-state index in [1.165, 1.54) is 19.9 Å². The van der Waals surface area contributed by atoms with Gasteiger partial charge in [-0.1, -0.05) is 0 Å². The summed E-state index contributed by atoms with van der Waals surface area (Å²) in [4.78, 5) is 20.0. The molecule has 0 aliphatic heterocycles. The van der Waals surface area contributed by atoms with Gasteiger partial charge in [0, 0.05) is 11.6 Å². The maximum atomic E-state index is 13.4. The SMILES string of the molecule is CC(=O)c1ccc(Oc2ccc(F)cc2F)c(Br)c1.CC=O. The lowest BCUT2D eigenvalue weighted by molar-refractivity contribution is -0.106. The molecule has 2 aromatic carbocycles. The first kappa shape index (κ1) is 18.0. The fraction of sp³-hybridized carbons (Fsp3) is 0.125. The van der Waals surface area contributed by atoms with Crippen LogP contribution in [0.5, 0.6) is 11.5 Å². The number of rotatable bonds is 3. The second-order valence-corrected chi connectivity index (χ2v) is 4.97. The largest absolute Gasteiger partial charge is 0.453 e. The number of ether oxygens (including phenoxy) is 1. The molecule has 0 radical (unpaired) electrons. The summed E-state index contributed by atoms with van der Waals surface area (Å²) >= 11 is 3.24. The zero-order chi connectivity index (χ0) is 16.7. The van der Waals surface area contributed by atoms with Gasteiger partial charge in [-0.25, -0.2) is 8.78 Å². The van der Waals surface area contributed by atoms with Gasteiger partial charge in [-0.05, 0) is 60.1 Å². The summed E-state index contributed by atoms with van der Waals surface area (Å²) < 4.78 is 32.1. The number of carbonyl (C=O) groups excluding carboxylic acids is 2. The highest BCUT2D eigenvalue weighted by molar-refractivity contribution is 9.10. The van der Waals surface area contributed by atoms with Crippen molar-refractivity contribution >= 4 is 28.0 Å². The number of hydrogen-bond donors (Lipinski definition) is 0. The van der Waals surface area contributed by atoms with Crippen LogP contribution in [0.2, 0.25) is 0 Å². The Morgan fingerprint density at radius 1 is 1.14 bits per heavy atom. The Kier molecular flexibility index (Phi) is 6.85. The van der Waals surface area contributed by atoms with E-state index in [4.69, 9.17) is 9.53 Å². The van der Waals surface area contributed by atoms with Crippen molar-refractivity contribution in [3.63, 3.8) is 0 Å². The van der Waals surface area contributed by atoms with Crippen molar-refractivity contribution in [1.29, 1.82) is 0 Å². The number of aldehydes is 1. The summed E-state index contributed by atoms with van der Waals surface area (Å²) in [5.74, 6) is -1.29. The third kappa shape index (κ3) is 5.04. The summed E-state index contributed by atoms with van der Waals surface area (Å²) in [6, 6.07) is 7.76. The molecule has 0 N–H and O–H groups in total. The third-order valence-electron chi connectivity index (χ3n) is 2.45. The highest BCUT2D eigenvalue weighted by Gasteiger charge is 2.10. The van der Waals surface area contributed by atoms with Crippen LogP contribution in [-0.2, 0) is 4.79 Å². The van der Waals surface area contributed by atoms with Crippen LogP contribution >= 0.6 is 15.9 Å². The van der Waals surface area contributed by atoms with Gasteiger partial charge in [0.25, 0.3) is 0 Å². The minimum Gasteiger partial charge on any atom is -0.453 e. The molecule has 0 saturated heterocycles. The number of Topliss-reactive ketones (excluding diaryl/α,β-unsaturated/α-hetero) is 1. The number of ketones is 1. The molecule has 0 spiro atoms. The first-order valence-corrected chi connectivity index (χ1v) is 7.01. The Morgan fingerprint density at radius 2 is 1.73 bits per heavy atom. The average molecular weight is 371 g/mol. The highest BCUT2D eigenvalue weighted by Crippen LogP contribution is 2.32. The van der Waals surface area contributed by atoms with Crippen molar-refractivity contribution < 1.29 is 23.1 Å². The monoisotopic (exact) mass is 370 g/mol. The van der Waals surface area contributed by atoms with Gasteiger partial charge in [-0.2, -0.15) is 0 Å². The van der Waals surface area contributed by atoms with E-state index in [2.05, 4.69) is 15.9 Å². The number of hydrogen-bond acceptors (Lipinski definition) is 3. The predicted octanol–water partition coefficient (Wildman–Crippen LogP) is 4.93. The second kappa shape index (κ2) is 8.38. The van der Waals surface area contributed by atoms with Crippen molar-refractivity contribution in [2.45, 2.75) is 13.8 Å². The van der Waals surface area contributed by atoms with E-state index in [-0.39, 0.29) is 11.5 Å². The lowest BCUT2D eigenvalue weighted by Gasteiger charge is -2.09. The molecule has 116 valence electrons. The topological polar surface area (TPSA) is 43.4 Å². The van der Waals surface area contributed by atoms with E-state index in [0.717, 1.165) is 18.4 Å². The molecule has 0 amide bonds. The predicted molar refractivity (Wildman–Crippen MR) is 82.3 cm³/mol. The molecule has 0 unspecified atom stereocenters. The summed E-state index contributed by atoms with van der Waals surface area (Å²) in [6.07, 6.45) is 0.750. The first-order valence-electron chi connectivity index (χ1n) is 6.22. The number of halogens is 3. The summed E-state index contributed by atoms with van der Waals surface area (Å²) in [7, 11) is 0. The first-order chi connectivity index (χ1) is 10.4. The van der Waals surface area contributed by atoms with Gasteiger partial charge in [0.2, 0.25) is 0 Å². The Hall–Kier alpha value is -2.08. The standard InChI is InChI=1S/C14H9BrF2O2.C2H4O/c1-8(18)9-2-4-13(11(15)6-9)19-14-5-3-10(16)7-12(14)17;1-2-3/h2-7H,1H3;2H,1H3. The summed E-state index contributed by atoms with van der Waals surface area (Å²) in [5.41, 5.74) is 0.513. The smallest absolute Gasteiger partial charge is 0.168 e. The zero-order valence-electron chi connectivity index (χ0n) is 11.9. The molecule has 2 rings (SSSR count). The molecule has 22 heavy (non-hydrogen) atoms. The van der Waals surface area contributed by atoms with Crippen LogP contribution in [0, 0.1) is 11.6 Å². The fourth-order valence-corrected chi connectivity index (χ4v) is 1.94. The van der Waals surface area contributed by atoms with Gasteiger partial charge in [-0.3, -0.25) is 4.79 Å². The van der Waals surface area contributed by atoms with Gasteiger partial charge in [0.1, 0.15) is 17.9 Å². The maximum Gasteiger partial charge on any atom is 0.168 e. The Morgan fingerprint density at radius 3 is 2.23 bits per heavy atom. The average Bonchev–Trinajstić information content (AvgIpc) is 2.44. The van der Waals surface area contributed by atoms with Gasteiger partial charge in [0.05, 0.1) is 4.47 Å². The second-order valence-electron chi connectivity index (χ2n) is 4.11. The van der Waals surface area contributed by atoms with Crippen molar-refractivity contribution in [2.75, 3.05) is 0 Å². The van der Waals surface area contributed by atoms with Crippen molar-refractivity contribution in [3.8, 4) is 11.5 Å². The zero-order valence-corrected chi connectivity index (χ0v) is 13.5. The molecule has 0 aliphatic carbocycles. The Labute approximate surface area is 135 Å². The molecule has 0 saturated carbocycles. The fourth-order valence-electron chi connectivity index (χ4n) is 1.48. The van der Waals surface area contributed by atoms with Crippen molar-refractivity contribution in [3.05, 3.63) is 58.1 Å². The normalized spacial score (nSPS) is 9.50. The van der Waals surface area contributed by atoms with Crippen LogP contribution < -0.4 is 4.74 Å². The quantitative estimate of drug-likeness (QED) is 0.568. The summed E-state index contributed by atoms with van der Waals surface area (Å²) in [5, 5.41) is 0. The lowest BCUT2D eigenvalue weighted by Crippen LogP contribution is -1.94. The van der Waals surface area contributed by atoms with E-state index in [1.54, 1.807) is 18.2 Å². The van der Waals surface area contributed by atoms with E-state index in [1.807, 2.05) is 0 Å². The molecular formula is C16H13BrF2O3. The molecular weight excluding hydrogens is 358 g/mol. The van der Waals surface area contributed by atoms with Crippen LogP contribution in [-0.4, -0.2) is 12.1 Å². The van der Waals surface area contributed by atoms with Crippen LogP contribution in [0.15, 0.2) is 40.9 Å². The maximum absolute atomic E-state index is 13.4. The van der Waals surface area contributed by atoms with Gasteiger partial charge in [0.15, 0.2) is 17.3 Å². The van der Waals surface area contributed by atoms with Crippen molar-refractivity contribution in [1.82, 2.24) is 0 Å². The molecule has 0 aliphatic rings. The summed E-state index contributed by atoms with van der Waals surface area (Å²) in [6.45, 7) is 2.89. The van der Waals surface area contributed by atoms with Gasteiger partial charge >= 0.3 is 0 Å². The molecule has 3 nitrogen and oxygen atoms in total. The van der Waals surface area contributed by atoms with E-state index < -0.39 is 11.6 Å². The molecule has 0 bridgehead atoms. The van der Waals surface area contributed by atoms with Crippen LogP contribution in [0.25, 0.3) is 0 Å².